The minimum Gasteiger partial charge on any atom is -0.309 e. The van der Waals surface area contributed by atoms with Crippen LogP contribution >= 0.6 is 14.3 Å². The highest BCUT2D eigenvalue weighted by atomic mass is 31.2. The first kappa shape index (κ1) is 33.3. The number of fused-ring (bicyclic) bond motifs is 5. The molecular weight excluding hydrogens is 709 g/mol. The average Bonchev–Trinajstić information content (AvgIpc) is 3.58. The van der Waals surface area contributed by atoms with Crippen LogP contribution in [-0.4, -0.2) is 4.57 Å². The quantitative estimate of drug-likeness (QED) is 0.120. The number of hydrogen-bond acceptors (Lipinski definition) is 2. The number of rotatable bonds is 7. The van der Waals surface area contributed by atoms with Crippen LogP contribution in [0.3, 0.4) is 0 Å². The van der Waals surface area contributed by atoms with Gasteiger partial charge in [-0.3, -0.25) is 0 Å². The largest absolute Gasteiger partial charge is 0.309 e. The van der Waals surface area contributed by atoms with Crippen LogP contribution in [0.5, 0.6) is 0 Å². The summed E-state index contributed by atoms with van der Waals surface area (Å²) in [7, 11) is -7.01. The van der Waals surface area contributed by atoms with Crippen LogP contribution in [-0.2, 0) is 9.13 Å². The first-order valence-corrected chi connectivity index (χ1v) is 21.9. The van der Waals surface area contributed by atoms with E-state index in [1.54, 1.807) is 0 Å². The van der Waals surface area contributed by atoms with Gasteiger partial charge in [0.25, 0.3) is 0 Å². The molecule has 3 nitrogen and oxygen atoms in total. The van der Waals surface area contributed by atoms with Crippen molar-refractivity contribution in [3.05, 3.63) is 212 Å². The first-order chi connectivity index (χ1) is 27.0. The van der Waals surface area contributed by atoms with Crippen LogP contribution in [0, 0.1) is 0 Å². The molecule has 0 saturated carbocycles. The van der Waals surface area contributed by atoms with Gasteiger partial charge in [0.05, 0.1) is 11.0 Å². The SMILES string of the molecule is O=P(c1ccccc1)(c1ccccc1)c1cc(-n2c3ccccc3c3cc4cc5ccccc5cc4cc32)cc(P(=O)(c2ccccc2)c2ccccc2)c1. The molecule has 0 saturated heterocycles. The molecule has 10 rings (SSSR count). The Kier molecular flexibility index (Phi) is 8.03. The van der Waals surface area contributed by atoms with Crippen molar-refractivity contribution in [3.8, 4) is 5.69 Å². The van der Waals surface area contributed by atoms with E-state index in [9.17, 15) is 0 Å². The second-order valence-corrected chi connectivity index (χ2v) is 19.6. The van der Waals surface area contributed by atoms with Crippen molar-refractivity contribution in [2.24, 2.45) is 0 Å². The maximum absolute atomic E-state index is 16.2. The lowest BCUT2D eigenvalue weighted by Crippen LogP contribution is -2.31. The van der Waals surface area contributed by atoms with E-state index in [1.807, 2.05) is 127 Å². The molecule has 10 aromatic rings. The Morgan fingerprint density at radius 2 is 0.691 bits per heavy atom. The molecule has 0 bridgehead atoms. The van der Waals surface area contributed by atoms with Gasteiger partial charge in [-0.2, -0.15) is 0 Å². The predicted molar refractivity (Wildman–Crippen MR) is 235 cm³/mol. The Labute approximate surface area is 319 Å². The van der Waals surface area contributed by atoms with Gasteiger partial charge in [0.1, 0.15) is 0 Å². The minimum absolute atomic E-state index is 0.627. The first-order valence-electron chi connectivity index (χ1n) is 18.5. The molecule has 55 heavy (non-hydrogen) atoms. The molecule has 0 fully saturated rings. The number of aromatic nitrogens is 1. The predicted octanol–water partition coefficient (Wildman–Crippen LogP) is 10.4. The Morgan fingerprint density at radius 1 is 0.291 bits per heavy atom. The van der Waals surface area contributed by atoms with Crippen LogP contribution in [0.25, 0.3) is 49.0 Å². The molecule has 0 radical (unpaired) electrons. The summed E-state index contributed by atoms with van der Waals surface area (Å²) in [5.41, 5.74) is 2.84. The third-order valence-corrected chi connectivity index (χ3v) is 16.9. The Bertz CT molecular complexity index is 2940. The maximum Gasteiger partial charge on any atom is 0.171 e. The highest BCUT2D eigenvalue weighted by Gasteiger charge is 2.35. The van der Waals surface area contributed by atoms with E-state index in [1.165, 1.54) is 16.2 Å². The van der Waals surface area contributed by atoms with Crippen molar-refractivity contribution >= 4 is 89.5 Å². The van der Waals surface area contributed by atoms with E-state index in [4.69, 9.17) is 0 Å². The van der Waals surface area contributed by atoms with Crippen LogP contribution in [0.4, 0.5) is 0 Å². The Hall–Kier alpha value is -6.24. The summed E-state index contributed by atoms with van der Waals surface area (Å²) in [5.74, 6) is 0. The lowest BCUT2D eigenvalue weighted by atomic mass is 10.0. The number of benzene rings is 9. The molecule has 0 unspecified atom stereocenters. The molecular formula is C50H35NO2P2. The molecule has 0 aliphatic heterocycles. The lowest BCUT2D eigenvalue weighted by Gasteiger charge is -2.25. The van der Waals surface area contributed by atoms with E-state index in [0.29, 0.717) is 10.6 Å². The van der Waals surface area contributed by atoms with Gasteiger partial charge in [0.15, 0.2) is 14.3 Å². The highest BCUT2D eigenvalue weighted by Crippen LogP contribution is 2.47. The summed E-state index contributed by atoms with van der Waals surface area (Å²) < 4.78 is 34.7. The standard InChI is InChI=1S/C50H35NO2P2/c52-54(41-19-5-1-6-20-41,42-21-7-2-8-22-42)45-33-40(34-46(35-45)55(53,43-23-9-3-10-24-43)44-25-11-4-12-26-44)51-49-28-16-15-27-47(49)48-31-38-29-36-17-13-14-18-37(36)30-39(38)32-50(48)51/h1-35H. The Morgan fingerprint density at radius 3 is 1.16 bits per heavy atom. The van der Waals surface area contributed by atoms with Crippen molar-refractivity contribution in [1.82, 2.24) is 4.57 Å². The van der Waals surface area contributed by atoms with Gasteiger partial charge in [-0.15, -0.1) is 0 Å². The fraction of sp³-hybridized carbons (Fsp3) is 0. The van der Waals surface area contributed by atoms with Crippen LogP contribution in [0.2, 0.25) is 0 Å². The molecule has 0 spiro atoms. The summed E-state index contributed by atoms with van der Waals surface area (Å²) >= 11 is 0. The van der Waals surface area contributed by atoms with Crippen LogP contribution in [0.15, 0.2) is 212 Å². The zero-order chi connectivity index (χ0) is 37.0. The molecule has 0 aliphatic carbocycles. The van der Waals surface area contributed by atoms with Crippen molar-refractivity contribution in [1.29, 1.82) is 0 Å². The molecule has 0 atom stereocenters. The summed E-state index contributed by atoms with van der Waals surface area (Å²) in [6, 6.07) is 71.0. The van der Waals surface area contributed by atoms with E-state index in [2.05, 4.69) is 89.5 Å². The fourth-order valence-corrected chi connectivity index (χ4v) is 13.7. The third-order valence-electron chi connectivity index (χ3n) is 10.8. The zero-order valence-corrected chi connectivity index (χ0v) is 31.7. The average molecular weight is 744 g/mol. The maximum atomic E-state index is 16.2. The van der Waals surface area contributed by atoms with Gasteiger partial charge in [0, 0.05) is 48.3 Å². The molecule has 0 N–H and O–H groups in total. The second-order valence-electron chi connectivity index (χ2n) is 14.0. The fourth-order valence-electron chi connectivity index (χ4n) is 8.20. The van der Waals surface area contributed by atoms with Crippen molar-refractivity contribution in [3.63, 3.8) is 0 Å². The lowest BCUT2D eigenvalue weighted by molar-refractivity contribution is 0.592. The molecule has 1 heterocycles. The number of nitrogens with zero attached hydrogens (tertiary/aromatic N) is 1. The number of para-hydroxylation sites is 1. The van der Waals surface area contributed by atoms with Gasteiger partial charge in [-0.1, -0.05) is 164 Å². The third kappa shape index (κ3) is 5.43. The van der Waals surface area contributed by atoms with Gasteiger partial charge in [0.2, 0.25) is 0 Å². The Balaban J connectivity index is 1.35. The van der Waals surface area contributed by atoms with Crippen molar-refractivity contribution in [2.75, 3.05) is 0 Å². The molecule has 9 aromatic carbocycles. The van der Waals surface area contributed by atoms with Gasteiger partial charge in [-0.25, -0.2) is 0 Å². The molecule has 0 amide bonds. The van der Waals surface area contributed by atoms with E-state index in [0.717, 1.165) is 54.1 Å². The summed E-state index contributed by atoms with van der Waals surface area (Å²) in [6.45, 7) is 0. The molecule has 262 valence electrons. The van der Waals surface area contributed by atoms with E-state index >= 15 is 9.13 Å². The van der Waals surface area contributed by atoms with Gasteiger partial charge >= 0.3 is 0 Å². The summed E-state index contributed by atoms with van der Waals surface area (Å²) in [6.07, 6.45) is 0. The van der Waals surface area contributed by atoms with Gasteiger partial charge in [-0.05, 0) is 70.1 Å². The normalized spacial score (nSPS) is 12.1. The highest BCUT2D eigenvalue weighted by molar-refractivity contribution is 7.86. The van der Waals surface area contributed by atoms with Crippen LogP contribution < -0.4 is 31.8 Å². The molecule has 5 heteroatoms. The zero-order valence-electron chi connectivity index (χ0n) is 29.9. The van der Waals surface area contributed by atoms with Crippen molar-refractivity contribution < 1.29 is 9.13 Å². The van der Waals surface area contributed by atoms with E-state index in [-0.39, 0.29) is 0 Å². The van der Waals surface area contributed by atoms with Crippen molar-refractivity contribution in [2.45, 2.75) is 0 Å². The van der Waals surface area contributed by atoms with Crippen LogP contribution in [0.1, 0.15) is 0 Å². The topological polar surface area (TPSA) is 39.1 Å². The smallest absolute Gasteiger partial charge is 0.171 e. The molecule has 1 aromatic heterocycles. The minimum atomic E-state index is -3.51. The van der Waals surface area contributed by atoms with E-state index < -0.39 is 14.3 Å². The summed E-state index contributed by atoms with van der Waals surface area (Å²) in [4.78, 5) is 0. The monoisotopic (exact) mass is 743 g/mol. The van der Waals surface area contributed by atoms with Gasteiger partial charge < -0.3 is 13.7 Å². The number of hydrogen-bond donors (Lipinski definition) is 0. The molecule has 0 aliphatic rings. The second kappa shape index (κ2) is 13.3. The summed E-state index contributed by atoms with van der Waals surface area (Å²) in [5, 5.41) is 11.0.